The third-order valence-corrected chi connectivity index (χ3v) is 4.60. The highest BCUT2D eigenvalue weighted by atomic mass is 127. The molecule has 0 fully saturated rings. The normalized spacial score (nSPS) is 10.8. The molecule has 0 aliphatic carbocycles. The van der Waals surface area contributed by atoms with E-state index in [9.17, 15) is 9.18 Å². The van der Waals surface area contributed by atoms with Gasteiger partial charge in [0, 0.05) is 46.3 Å². The summed E-state index contributed by atoms with van der Waals surface area (Å²) in [5.41, 5.74) is 2.30. The van der Waals surface area contributed by atoms with Gasteiger partial charge in [-0.1, -0.05) is 24.3 Å². The Morgan fingerprint density at radius 2 is 1.71 bits per heavy atom. The molecule has 0 aliphatic heterocycles. The van der Waals surface area contributed by atoms with E-state index in [2.05, 4.69) is 15.6 Å². The van der Waals surface area contributed by atoms with Gasteiger partial charge < -0.3 is 20.4 Å². The summed E-state index contributed by atoms with van der Waals surface area (Å²) in [4.78, 5) is 20.0. The second-order valence-corrected chi connectivity index (χ2v) is 7.24. The fraction of sp³-hybridized carbons (Fsp3) is 0.391. The largest absolute Gasteiger partial charge is 0.372 e. The number of anilines is 1. The second kappa shape index (κ2) is 13.8. The zero-order valence-corrected chi connectivity index (χ0v) is 21.0. The van der Waals surface area contributed by atoms with Gasteiger partial charge >= 0.3 is 0 Å². The van der Waals surface area contributed by atoms with Gasteiger partial charge in [-0.2, -0.15) is 0 Å². The van der Waals surface area contributed by atoms with Crippen LogP contribution in [0.15, 0.2) is 53.5 Å². The number of hydrogen-bond donors (Lipinski definition) is 2. The van der Waals surface area contributed by atoms with Gasteiger partial charge in [0.15, 0.2) is 5.96 Å². The predicted molar refractivity (Wildman–Crippen MR) is 137 cm³/mol. The number of nitrogens with one attached hydrogen (secondary N) is 2. The lowest BCUT2D eigenvalue weighted by molar-refractivity contribution is 0.0827. The quantitative estimate of drug-likeness (QED) is 0.220. The molecule has 0 heterocycles. The summed E-state index contributed by atoms with van der Waals surface area (Å²) >= 11 is 0. The Kier molecular flexibility index (Phi) is 11.9. The molecule has 0 spiro atoms. The van der Waals surface area contributed by atoms with Crippen molar-refractivity contribution in [2.24, 2.45) is 4.99 Å². The molecule has 0 aromatic heterocycles. The first-order chi connectivity index (χ1) is 14.4. The smallest absolute Gasteiger partial charge is 0.253 e. The maximum absolute atomic E-state index is 13.8. The van der Waals surface area contributed by atoms with Gasteiger partial charge in [-0.15, -0.1) is 24.0 Å². The molecule has 0 atom stereocenters. The number of carbonyl (C=O) groups excluding carboxylic acids is 1. The van der Waals surface area contributed by atoms with Crippen molar-refractivity contribution < 1.29 is 9.18 Å². The Bertz CT molecular complexity index is 842. The standard InChI is InChI=1S/C23H32FN5O.HI/c1-5-25-23(26-15-8-16-29(4)21-10-7-6-9-20(21)24)27-17-18-11-13-19(14-12-18)22(30)28(2)3;/h6-7,9-14H,5,8,15-17H2,1-4H3,(H2,25,26,27);1H. The van der Waals surface area contributed by atoms with Gasteiger partial charge in [0.2, 0.25) is 0 Å². The number of amides is 1. The molecule has 0 saturated heterocycles. The van der Waals surface area contributed by atoms with E-state index < -0.39 is 0 Å². The third kappa shape index (κ3) is 8.72. The van der Waals surface area contributed by atoms with Crippen molar-refractivity contribution in [3.63, 3.8) is 0 Å². The molecular formula is C23H33FIN5O. The Labute approximate surface area is 201 Å². The molecule has 31 heavy (non-hydrogen) atoms. The number of aliphatic imine (C=N–C) groups is 1. The molecule has 1 amide bonds. The van der Waals surface area contributed by atoms with Crippen molar-refractivity contribution in [2.45, 2.75) is 19.9 Å². The number of carbonyl (C=O) groups is 1. The van der Waals surface area contributed by atoms with Crippen LogP contribution in [0.2, 0.25) is 0 Å². The minimum absolute atomic E-state index is 0. The van der Waals surface area contributed by atoms with Gasteiger partial charge in [-0.3, -0.25) is 4.79 Å². The molecule has 2 aromatic carbocycles. The minimum Gasteiger partial charge on any atom is -0.372 e. The zero-order valence-electron chi connectivity index (χ0n) is 18.7. The van der Waals surface area contributed by atoms with Crippen LogP contribution in [0.1, 0.15) is 29.3 Å². The van der Waals surface area contributed by atoms with Crippen molar-refractivity contribution in [2.75, 3.05) is 45.7 Å². The van der Waals surface area contributed by atoms with Gasteiger partial charge in [-0.25, -0.2) is 9.38 Å². The molecule has 8 heteroatoms. The van der Waals surface area contributed by atoms with E-state index in [1.165, 1.54) is 6.07 Å². The van der Waals surface area contributed by atoms with Crippen molar-refractivity contribution in [3.05, 3.63) is 65.5 Å². The molecule has 2 aromatic rings. The number of nitrogens with zero attached hydrogens (tertiary/aromatic N) is 3. The number of guanidine groups is 1. The number of rotatable bonds is 9. The molecular weight excluding hydrogens is 508 g/mol. The van der Waals surface area contributed by atoms with Crippen LogP contribution in [0.4, 0.5) is 10.1 Å². The third-order valence-electron chi connectivity index (χ3n) is 4.60. The molecule has 2 rings (SSSR count). The van der Waals surface area contributed by atoms with Crippen LogP contribution in [0.3, 0.4) is 0 Å². The van der Waals surface area contributed by atoms with Gasteiger partial charge in [0.1, 0.15) is 5.82 Å². The number of para-hydroxylation sites is 1. The van der Waals surface area contributed by atoms with Gasteiger partial charge in [0.05, 0.1) is 12.2 Å². The summed E-state index contributed by atoms with van der Waals surface area (Å²) in [6.07, 6.45) is 0.844. The average molecular weight is 541 g/mol. The highest BCUT2D eigenvalue weighted by Gasteiger charge is 2.08. The van der Waals surface area contributed by atoms with E-state index in [4.69, 9.17) is 0 Å². The van der Waals surface area contributed by atoms with Crippen LogP contribution in [-0.4, -0.2) is 57.5 Å². The minimum atomic E-state index is -0.207. The summed E-state index contributed by atoms with van der Waals surface area (Å²) in [7, 11) is 5.37. The van der Waals surface area contributed by atoms with E-state index in [1.54, 1.807) is 31.1 Å². The highest BCUT2D eigenvalue weighted by molar-refractivity contribution is 14.0. The van der Waals surface area contributed by atoms with E-state index >= 15 is 0 Å². The van der Waals surface area contributed by atoms with Crippen molar-refractivity contribution in [1.29, 1.82) is 0 Å². The van der Waals surface area contributed by atoms with E-state index in [0.29, 0.717) is 17.8 Å². The van der Waals surface area contributed by atoms with Crippen LogP contribution in [-0.2, 0) is 6.54 Å². The maximum Gasteiger partial charge on any atom is 0.253 e. The van der Waals surface area contributed by atoms with Gasteiger partial charge in [-0.05, 0) is 43.2 Å². The molecule has 2 N–H and O–H groups in total. The Balaban J connectivity index is 0.00000480. The fourth-order valence-electron chi connectivity index (χ4n) is 2.93. The Morgan fingerprint density at radius 3 is 2.32 bits per heavy atom. The van der Waals surface area contributed by atoms with Crippen LogP contribution in [0.5, 0.6) is 0 Å². The first-order valence-corrected chi connectivity index (χ1v) is 10.2. The van der Waals surface area contributed by atoms with Crippen LogP contribution in [0.25, 0.3) is 0 Å². The summed E-state index contributed by atoms with van der Waals surface area (Å²) in [6.45, 7) is 4.75. The van der Waals surface area contributed by atoms with Gasteiger partial charge in [0.25, 0.3) is 5.91 Å². The molecule has 0 saturated carbocycles. The number of benzene rings is 2. The molecule has 0 bridgehead atoms. The molecule has 0 aliphatic rings. The Hall–Kier alpha value is -2.36. The predicted octanol–water partition coefficient (Wildman–Crippen LogP) is 3.73. The second-order valence-electron chi connectivity index (χ2n) is 7.24. The van der Waals surface area contributed by atoms with Crippen LogP contribution >= 0.6 is 24.0 Å². The summed E-state index contributed by atoms with van der Waals surface area (Å²) in [6, 6.07) is 14.3. The summed E-state index contributed by atoms with van der Waals surface area (Å²) in [5.74, 6) is 0.515. The molecule has 6 nitrogen and oxygen atoms in total. The van der Waals surface area contributed by atoms with Crippen molar-refractivity contribution in [3.8, 4) is 0 Å². The van der Waals surface area contributed by atoms with Crippen molar-refractivity contribution in [1.82, 2.24) is 15.5 Å². The average Bonchev–Trinajstić information content (AvgIpc) is 2.74. The SMILES string of the molecule is CCNC(=NCc1ccc(C(=O)N(C)C)cc1)NCCCN(C)c1ccccc1F.I. The molecule has 0 unspecified atom stereocenters. The maximum atomic E-state index is 13.8. The highest BCUT2D eigenvalue weighted by Crippen LogP contribution is 2.16. The van der Waals surface area contributed by atoms with E-state index in [0.717, 1.165) is 37.6 Å². The monoisotopic (exact) mass is 541 g/mol. The van der Waals surface area contributed by atoms with Crippen LogP contribution in [0, 0.1) is 5.82 Å². The molecule has 170 valence electrons. The number of hydrogen-bond acceptors (Lipinski definition) is 3. The lowest BCUT2D eigenvalue weighted by atomic mass is 10.1. The van der Waals surface area contributed by atoms with Crippen LogP contribution < -0.4 is 15.5 Å². The summed E-state index contributed by atoms with van der Waals surface area (Å²) in [5, 5.41) is 6.55. The molecule has 0 radical (unpaired) electrons. The van der Waals surface area contributed by atoms with E-state index in [-0.39, 0.29) is 35.7 Å². The first-order valence-electron chi connectivity index (χ1n) is 10.2. The first kappa shape index (κ1) is 26.7. The summed E-state index contributed by atoms with van der Waals surface area (Å²) < 4.78 is 13.8. The zero-order chi connectivity index (χ0) is 21.9. The lowest BCUT2D eigenvalue weighted by Gasteiger charge is -2.20. The fourth-order valence-corrected chi connectivity index (χ4v) is 2.93. The lowest BCUT2D eigenvalue weighted by Crippen LogP contribution is -2.38. The topological polar surface area (TPSA) is 60.0 Å². The Morgan fingerprint density at radius 1 is 1.03 bits per heavy atom. The van der Waals surface area contributed by atoms with E-state index in [1.807, 2.05) is 49.2 Å². The number of halogens is 2. The van der Waals surface area contributed by atoms with Crippen molar-refractivity contribution >= 4 is 41.5 Å².